The standard InChI is InChI=1S/C26H29N5O7S/c1-37-20-10-6-9-18(24(20)38-2)19(12-23(34)35)30-22(33)14-27-21(32)11-17-15-39-26(29-17)31-25(36)28-13-16-7-4-3-5-8-16/h3-10,15,19H,11-14H2,1-2H3,(H,27,32)(H,30,33)(H,34,35)(H2,28,29,31,36). The first-order valence-corrected chi connectivity index (χ1v) is 12.7. The lowest BCUT2D eigenvalue weighted by molar-refractivity contribution is -0.138. The Morgan fingerprint density at radius 2 is 1.74 bits per heavy atom. The molecule has 5 N–H and O–H groups in total. The van der Waals surface area contributed by atoms with Crippen molar-refractivity contribution in [2.24, 2.45) is 0 Å². The summed E-state index contributed by atoms with van der Waals surface area (Å²) in [5, 5.41) is 21.8. The van der Waals surface area contributed by atoms with Gasteiger partial charge in [-0.05, 0) is 11.6 Å². The Morgan fingerprint density at radius 1 is 0.974 bits per heavy atom. The van der Waals surface area contributed by atoms with Gasteiger partial charge in [0.2, 0.25) is 11.8 Å². The number of methoxy groups -OCH3 is 2. The van der Waals surface area contributed by atoms with E-state index in [1.165, 1.54) is 14.2 Å². The molecular weight excluding hydrogens is 526 g/mol. The van der Waals surface area contributed by atoms with E-state index in [2.05, 4.69) is 26.3 Å². The summed E-state index contributed by atoms with van der Waals surface area (Å²) in [7, 11) is 2.86. The van der Waals surface area contributed by atoms with Crippen molar-refractivity contribution < 1.29 is 33.8 Å². The predicted molar refractivity (Wildman–Crippen MR) is 144 cm³/mol. The maximum absolute atomic E-state index is 12.5. The van der Waals surface area contributed by atoms with Crippen LogP contribution >= 0.6 is 11.3 Å². The van der Waals surface area contributed by atoms with E-state index < -0.39 is 36.3 Å². The van der Waals surface area contributed by atoms with Crippen molar-refractivity contribution in [1.82, 2.24) is 20.9 Å². The van der Waals surface area contributed by atoms with Crippen molar-refractivity contribution in [3.8, 4) is 11.5 Å². The van der Waals surface area contributed by atoms with Gasteiger partial charge in [0.1, 0.15) is 0 Å². The number of benzene rings is 2. The molecule has 0 radical (unpaired) electrons. The summed E-state index contributed by atoms with van der Waals surface area (Å²) in [6.45, 7) is -0.0222. The number of carboxylic acids is 1. The van der Waals surface area contributed by atoms with Gasteiger partial charge in [-0.3, -0.25) is 19.7 Å². The first kappa shape index (κ1) is 28.9. The molecular formula is C26H29N5O7S. The van der Waals surface area contributed by atoms with Gasteiger partial charge in [-0.15, -0.1) is 11.3 Å². The lowest BCUT2D eigenvalue weighted by atomic mass is 10.0. The first-order valence-electron chi connectivity index (χ1n) is 11.8. The van der Waals surface area contributed by atoms with Gasteiger partial charge in [0.25, 0.3) is 0 Å². The number of aliphatic carboxylic acids is 1. The van der Waals surface area contributed by atoms with Crippen molar-refractivity contribution in [2.75, 3.05) is 26.1 Å². The molecule has 2 aromatic carbocycles. The summed E-state index contributed by atoms with van der Waals surface area (Å²) in [4.78, 5) is 52.7. The molecule has 0 aliphatic rings. The lowest BCUT2D eigenvalue weighted by Gasteiger charge is -2.21. The van der Waals surface area contributed by atoms with Crippen molar-refractivity contribution in [2.45, 2.75) is 25.4 Å². The molecule has 0 fully saturated rings. The monoisotopic (exact) mass is 555 g/mol. The number of nitrogens with zero attached hydrogens (tertiary/aromatic N) is 1. The number of aromatic nitrogens is 1. The average Bonchev–Trinajstić information content (AvgIpc) is 3.36. The topological polar surface area (TPSA) is 168 Å². The smallest absolute Gasteiger partial charge is 0.321 e. The molecule has 0 saturated carbocycles. The Hall–Kier alpha value is -4.65. The quantitative estimate of drug-likeness (QED) is 0.214. The summed E-state index contributed by atoms with van der Waals surface area (Å²) >= 11 is 1.16. The molecule has 39 heavy (non-hydrogen) atoms. The van der Waals surface area contributed by atoms with Crippen LogP contribution in [0.25, 0.3) is 0 Å². The highest BCUT2D eigenvalue weighted by Crippen LogP contribution is 2.35. The van der Waals surface area contributed by atoms with Crippen LogP contribution in [-0.2, 0) is 27.3 Å². The first-order chi connectivity index (χ1) is 18.8. The van der Waals surface area contributed by atoms with E-state index in [1.54, 1.807) is 23.6 Å². The Balaban J connectivity index is 1.49. The third-order valence-electron chi connectivity index (χ3n) is 5.38. The number of ether oxygens (including phenoxy) is 2. The van der Waals surface area contributed by atoms with Crippen LogP contribution in [0.3, 0.4) is 0 Å². The minimum absolute atomic E-state index is 0.112. The molecule has 3 rings (SSSR count). The van der Waals surface area contributed by atoms with Crippen LogP contribution in [0.5, 0.6) is 11.5 Å². The van der Waals surface area contributed by atoms with Crippen LogP contribution in [0.2, 0.25) is 0 Å². The van der Waals surface area contributed by atoms with Crippen LogP contribution in [-0.4, -0.2) is 54.7 Å². The molecule has 206 valence electrons. The number of carbonyl (C=O) groups excluding carboxylic acids is 3. The molecule has 1 heterocycles. The summed E-state index contributed by atoms with van der Waals surface area (Å²) in [5.41, 5.74) is 1.79. The predicted octanol–water partition coefficient (Wildman–Crippen LogP) is 2.47. The summed E-state index contributed by atoms with van der Waals surface area (Å²) in [6.07, 6.45) is -0.518. The number of hydrogen-bond donors (Lipinski definition) is 5. The number of rotatable bonds is 13. The minimum Gasteiger partial charge on any atom is -0.493 e. The highest BCUT2D eigenvalue weighted by molar-refractivity contribution is 7.13. The number of nitrogens with one attached hydrogen (secondary N) is 4. The molecule has 13 heteroatoms. The molecule has 0 saturated heterocycles. The van der Waals surface area contributed by atoms with E-state index in [4.69, 9.17) is 9.47 Å². The third-order valence-corrected chi connectivity index (χ3v) is 6.19. The lowest BCUT2D eigenvalue weighted by Crippen LogP contribution is -2.39. The van der Waals surface area contributed by atoms with Gasteiger partial charge in [0.05, 0.1) is 45.3 Å². The van der Waals surface area contributed by atoms with Gasteiger partial charge >= 0.3 is 12.0 Å². The van der Waals surface area contributed by atoms with Gasteiger partial charge in [0.15, 0.2) is 16.6 Å². The van der Waals surface area contributed by atoms with Crippen LogP contribution < -0.4 is 30.7 Å². The van der Waals surface area contributed by atoms with Crippen molar-refractivity contribution in [3.63, 3.8) is 0 Å². The Morgan fingerprint density at radius 3 is 2.44 bits per heavy atom. The fourth-order valence-electron chi connectivity index (χ4n) is 3.62. The number of thiazole rings is 1. The van der Waals surface area contributed by atoms with E-state index in [-0.39, 0.29) is 13.0 Å². The maximum atomic E-state index is 12.5. The van der Waals surface area contributed by atoms with Gasteiger partial charge < -0.3 is 30.5 Å². The number of amides is 4. The summed E-state index contributed by atoms with van der Waals surface area (Å²) in [5.74, 6) is -1.49. The van der Waals surface area contributed by atoms with Gasteiger partial charge in [0, 0.05) is 17.5 Å². The second kappa shape index (κ2) is 14.3. The van der Waals surface area contributed by atoms with Crippen LogP contribution in [0, 0.1) is 0 Å². The minimum atomic E-state index is -1.13. The molecule has 3 aromatic rings. The molecule has 0 aliphatic heterocycles. The van der Waals surface area contributed by atoms with Crippen LogP contribution in [0.15, 0.2) is 53.9 Å². The zero-order valence-electron chi connectivity index (χ0n) is 21.4. The molecule has 1 atom stereocenters. The third kappa shape index (κ3) is 9.00. The summed E-state index contributed by atoms with van der Waals surface area (Å²) in [6, 6.07) is 13.0. The number of para-hydroxylation sites is 1. The fraction of sp³-hybridized carbons (Fsp3) is 0.269. The zero-order chi connectivity index (χ0) is 28.2. The fourth-order valence-corrected chi connectivity index (χ4v) is 4.32. The number of hydrogen-bond acceptors (Lipinski definition) is 8. The molecule has 1 unspecified atom stereocenters. The second-order valence-electron chi connectivity index (χ2n) is 8.19. The average molecular weight is 556 g/mol. The van der Waals surface area contributed by atoms with Crippen molar-refractivity contribution >= 4 is 40.3 Å². The van der Waals surface area contributed by atoms with Crippen molar-refractivity contribution in [3.05, 3.63) is 70.7 Å². The SMILES string of the molecule is COc1cccc(C(CC(=O)O)NC(=O)CNC(=O)Cc2csc(NC(=O)NCc3ccccc3)n2)c1OC. The van der Waals surface area contributed by atoms with Crippen molar-refractivity contribution in [1.29, 1.82) is 0 Å². The van der Waals surface area contributed by atoms with E-state index in [0.29, 0.717) is 34.4 Å². The van der Waals surface area contributed by atoms with Gasteiger partial charge in [-0.25, -0.2) is 9.78 Å². The number of urea groups is 1. The normalized spacial score (nSPS) is 11.1. The van der Waals surface area contributed by atoms with E-state index in [0.717, 1.165) is 16.9 Å². The summed E-state index contributed by atoms with van der Waals surface area (Å²) < 4.78 is 10.6. The van der Waals surface area contributed by atoms with Gasteiger partial charge in [-0.1, -0.05) is 42.5 Å². The molecule has 0 bridgehead atoms. The van der Waals surface area contributed by atoms with E-state index in [1.807, 2.05) is 30.3 Å². The molecule has 0 aliphatic carbocycles. The molecule has 12 nitrogen and oxygen atoms in total. The maximum Gasteiger partial charge on any atom is 0.321 e. The van der Waals surface area contributed by atoms with E-state index >= 15 is 0 Å². The Bertz CT molecular complexity index is 1300. The Kier molecular flexibility index (Phi) is 10.6. The number of carboxylic acid groups (broad SMARTS) is 1. The highest BCUT2D eigenvalue weighted by atomic mass is 32.1. The second-order valence-corrected chi connectivity index (χ2v) is 9.05. The van der Waals surface area contributed by atoms with Crippen LogP contribution in [0.4, 0.5) is 9.93 Å². The highest BCUT2D eigenvalue weighted by Gasteiger charge is 2.24. The van der Waals surface area contributed by atoms with E-state index in [9.17, 15) is 24.3 Å². The largest absolute Gasteiger partial charge is 0.493 e. The van der Waals surface area contributed by atoms with Crippen LogP contribution in [0.1, 0.15) is 29.3 Å². The molecule has 1 aromatic heterocycles. The molecule has 4 amide bonds. The number of anilines is 1. The number of carbonyl (C=O) groups is 4. The Labute approximate surface area is 228 Å². The van der Waals surface area contributed by atoms with Gasteiger partial charge in [-0.2, -0.15) is 0 Å². The zero-order valence-corrected chi connectivity index (χ0v) is 22.2. The molecule has 0 spiro atoms.